The van der Waals surface area contributed by atoms with Gasteiger partial charge in [0, 0.05) is 9.79 Å². The van der Waals surface area contributed by atoms with Crippen LogP contribution in [0, 0.1) is 0 Å². The minimum absolute atomic E-state index is 0.198. The second kappa shape index (κ2) is 4.64. The summed E-state index contributed by atoms with van der Waals surface area (Å²) in [5.74, 6) is 0. The molecule has 0 fully saturated rings. The Labute approximate surface area is 91.6 Å². The predicted octanol–water partition coefficient (Wildman–Crippen LogP) is 4.15. The van der Waals surface area contributed by atoms with Gasteiger partial charge in [0.05, 0.1) is 6.04 Å². The molecule has 2 aromatic rings. The largest absolute Gasteiger partial charge is 0.148 e. The van der Waals surface area contributed by atoms with Crippen LogP contribution in [0.4, 0.5) is 0 Å². The maximum Gasteiger partial charge on any atom is 0.0969 e. The van der Waals surface area contributed by atoms with Crippen molar-refractivity contribution in [2.24, 2.45) is 5.11 Å². The molecule has 1 aromatic heterocycles. The number of hydrogen-bond acceptors (Lipinski definition) is 2. The molecule has 15 heavy (non-hydrogen) atoms. The SMILES string of the molecule is [N-]=[N+]=NC(c1ccccc1)c1cccs1. The van der Waals surface area contributed by atoms with Crippen LogP contribution < -0.4 is 0 Å². The van der Waals surface area contributed by atoms with Crippen LogP contribution in [-0.2, 0) is 0 Å². The van der Waals surface area contributed by atoms with Crippen LogP contribution in [0.5, 0.6) is 0 Å². The topological polar surface area (TPSA) is 48.8 Å². The smallest absolute Gasteiger partial charge is 0.0969 e. The fraction of sp³-hybridized carbons (Fsp3) is 0.0909. The number of hydrogen-bond donors (Lipinski definition) is 0. The lowest BCUT2D eigenvalue weighted by Gasteiger charge is -2.08. The van der Waals surface area contributed by atoms with E-state index in [4.69, 9.17) is 5.53 Å². The Morgan fingerprint density at radius 3 is 2.53 bits per heavy atom. The minimum atomic E-state index is -0.198. The summed E-state index contributed by atoms with van der Waals surface area (Å²) in [4.78, 5) is 3.97. The van der Waals surface area contributed by atoms with E-state index in [9.17, 15) is 0 Å². The lowest BCUT2D eigenvalue weighted by atomic mass is 10.1. The monoisotopic (exact) mass is 215 g/mol. The van der Waals surface area contributed by atoms with Crippen LogP contribution >= 0.6 is 11.3 Å². The molecule has 0 aliphatic rings. The molecule has 0 saturated carbocycles. The molecular weight excluding hydrogens is 206 g/mol. The van der Waals surface area contributed by atoms with E-state index in [0.717, 1.165) is 10.4 Å². The summed E-state index contributed by atoms with van der Waals surface area (Å²) in [5, 5.41) is 5.81. The van der Waals surface area contributed by atoms with E-state index < -0.39 is 0 Å². The number of nitrogens with zero attached hydrogens (tertiary/aromatic N) is 3. The molecule has 1 atom stereocenters. The Kier molecular flexibility index (Phi) is 3.02. The van der Waals surface area contributed by atoms with Gasteiger partial charge in [-0.1, -0.05) is 41.5 Å². The van der Waals surface area contributed by atoms with Crippen molar-refractivity contribution in [3.8, 4) is 0 Å². The molecule has 0 aliphatic heterocycles. The second-order valence-electron chi connectivity index (χ2n) is 3.03. The van der Waals surface area contributed by atoms with Crippen molar-refractivity contribution in [3.05, 3.63) is 68.7 Å². The second-order valence-corrected chi connectivity index (χ2v) is 4.01. The highest BCUT2D eigenvalue weighted by Crippen LogP contribution is 2.29. The molecule has 1 unspecified atom stereocenters. The van der Waals surface area contributed by atoms with Gasteiger partial charge in [-0.15, -0.1) is 11.3 Å². The molecule has 0 radical (unpaired) electrons. The molecule has 4 heteroatoms. The average molecular weight is 215 g/mol. The Hall–Kier alpha value is -1.77. The van der Waals surface area contributed by atoms with Crippen LogP contribution in [0.15, 0.2) is 53.0 Å². The van der Waals surface area contributed by atoms with Crippen LogP contribution in [0.1, 0.15) is 16.5 Å². The van der Waals surface area contributed by atoms with Gasteiger partial charge in [-0.05, 0) is 22.5 Å². The Balaban J connectivity index is 2.41. The standard InChI is InChI=1S/C11H9N3S/c12-14-13-11(10-7-4-8-15-10)9-5-2-1-3-6-9/h1-8,11H. The van der Waals surface area contributed by atoms with Gasteiger partial charge in [-0.3, -0.25) is 0 Å². The first-order valence-corrected chi connectivity index (χ1v) is 5.42. The zero-order valence-electron chi connectivity index (χ0n) is 7.95. The fourth-order valence-electron chi connectivity index (χ4n) is 1.42. The van der Waals surface area contributed by atoms with Crippen molar-refractivity contribution in [1.29, 1.82) is 0 Å². The molecule has 0 N–H and O–H groups in total. The van der Waals surface area contributed by atoms with Gasteiger partial charge < -0.3 is 0 Å². The minimum Gasteiger partial charge on any atom is -0.148 e. The predicted molar refractivity (Wildman–Crippen MR) is 61.8 cm³/mol. The molecule has 1 heterocycles. The maximum absolute atomic E-state index is 8.56. The molecule has 0 bridgehead atoms. The van der Waals surface area contributed by atoms with Gasteiger partial charge in [0.2, 0.25) is 0 Å². The zero-order chi connectivity index (χ0) is 10.5. The first-order valence-electron chi connectivity index (χ1n) is 4.54. The van der Waals surface area contributed by atoms with E-state index in [1.165, 1.54) is 0 Å². The van der Waals surface area contributed by atoms with Crippen molar-refractivity contribution in [2.75, 3.05) is 0 Å². The average Bonchev–Trinajstić information content (AvgIpc) is 2.80. The first-order chi connectivity index (χ1) is 7.42. The summed E-state index contributed by atoms with van der Waals surface area (Å²) in [5.41, 5.74) is 9.59. The quantitative estimate of drug-likeness (QED) is 0.419. The number of azide groups is 1. The van der Waals surface area contributed by atoms with E-state index in [1.807, 2.05) is 47.8 Å². The normalized spacial score (nSPS) is 11.7. The molecule has 0 amide bonds. The summed E-state index contributed by atoms with van der Waals surface area (Å²) in [6.07, 6.45) is 0. The Morgan fingerprint density at radius 1 is 1.13 bits per heavy atom. The number of benzene rings is 1. The Bertz CT molecular complexity index is 458. The lowest BCUT2D eigenvalue weighted by Crippen LogP contribution is -1.93. The summed E-state index contributed by atoms with van der Waals surface area (Å²) in [7, 11) is 0. The molecule has 0 aliphatic carbocycles. The van der Waals surface area contributed by atoms with Gasteiger partial charge >= 0.3 is 0 Å². The van der Waals surface area contributed by atoms with E-state index in [2.05, 4.69) is 10.0 Å². The number of thiophene rings is 1. The molecule has 2 rings (SSSR count). The van der Waals surface area contributed by atoms with E-state index in [-0.39, 0.29) is 6.04 Å². The third kappa shape index (κ3) is 2.18. The molecule has 3 nitrogen and oxygen atoms in total. The third-order valence-electron chi connectivity index (χ3n) is 2.10. The van der Waals surface area contributed by atoms with Crippen LogP contribution in [-0.4, -0.2) is 0 Å². The third-order valence-corrected chi connectivity index (χ3v) is 3.02. The highest BCUT2D eigenvalue weighted by Gasteiger charge is 2.12. The van der Waals surface area contributed by atoms with Gasteiger partial charge in [0.15, 0.2) is 0 Å². The van der Waals surface area contributed by atoms with Gasteiger partial charge in [-0.25, -0.2) is 0 Å². The summed E-state index contributed by atoms with van der Waals surface area (Å²) in [6, 6.07) is 13.5. The van der Waals surface area contributed by atoms with Gasteiger partial charge in [-0.2, -0.15) is 0 Å². The highest BCUT2D eigenvalue weighted by atomic mass is 32.1. The van der Waals surface area contributed by atoms with Crippen molar-refractivity contribution in [2.45, 2.75) is 6.04 Å². The summed E-state index contributed by atoms with van der Waals surface area (Å²) in [6.45, 7) is 0. The molecule has 0 spiro atoms. The van der Waals surface area contributed by atoms with Crippen molar-refractivity contribution < 1.29 is 0 Å². The highest BCUT2D eigenvalue weighted by molar-refractivity contribution is 7.10. The van der Waals surface area contributed by atoms with Gasteiger partial charge in [0.1, 0.15) is 0 Å². The van der Waals surface area contributed by atoms with Crippen molar-refractivity contribution in [1.82, 2.24) is 0 Å². The fourth-order valence-corrected chi connectivity index (χ4v) is 2.21. The Morgan fingerprint density at radius 2 is 1.93 bits per heavy atom. The van der Waals surface area contributed by atoms with Crippen molar-refractivity contribution >= 4 is 11.3 Å². The van der Waals surface area contributed by atoms with Crippen LogP contribution in [0.2, 0.25) is 0 Å². The van der Waals surface area contributed by atoms with Crippen molar-refractivity contribution in [3.63, 3.8) is 0 Å². The molecular formula is C11H9N3S. The van der Waals surface area contributed by atoms with Crippen LogP contribution in [0.3, 0.4) is 0 Å². The lowest BCUT2D eigenvalue weighted by molar-refractivity contribution is 0.880. The van der Waals surface area contributed by atoms with E-state index in [0.29, 0.717) is 0 Å². The first kappa shape index (κ1) is 9.77. The maximum atomic E-state index is 8.56. The molecule has 74 valence electrons. The molecule has 1 aromatic carbocycles. The van der Waals surface area contributed by atoms with E-state index >= 15 is 0 Å². The zero-order valence-corrected chi connectivity index (χ0v) is 8.76. The molecule has 0 saturated heterocycles. The number of rotatable bonds is 3. The van der Waals surface area contributed by atoms with Crippen LogP contribution in [0.25, 0.3) is 10.4 Å². The van der Waals surface area contributed by atoms with Gasteiger partial charge in [0.25, 0.3) is 0 Å². The van der Waals surface area contributed by atoms with E-state index in [1.54, 1.807) is 11.3 Å². The summed E-state index contributed by atoms with van der Waals surface area (Å²) < 4.78 is 0. The summed E-state index contributed by atoms with van der Waals surface area (Å²) >= 11 is 1.60.